The van der Waals surface area contributed by atoms with Crippen LogP contribution in [0.4, 0.5) is 5.82 Å². The molecule has 1 aliphatic heterocycles. The molecular weight excluding hydrogens is 254 g/mol. The van der Waals surface area contributed by atoms with Gasteiger partial charge in [0.2, 0.25) is 11.7 Å². The number of hydrogen-bond acceptors (Lipinski definition) is 6. The summed E-state index contributed by atoms with van der Waals surface area (Å²) in [5, 5.41) is 6.37. The van der Waals surface area contributed by atoms with Gasteiger partial charge in [0.25, 0.3) is 11.5 Å². The molecule has 0 saturated carbocycles. The highest BCUT2D eigenvalue weighted by molar-refractivity contribution is 6.06. The molecule has 0 aromatic carbocycles. The summed E-state index contributed by atoms with van der Waals surface area (Å²) in [5.41, 5.74) is -1.21. The van der Waals surface area contributed by atoms with Crippen LogP contribution in [0.2, 0.25) is 0 Å². The van der Waals surface area contributed by atoms with Gasteiger partial charge in [-0.1, -0.05) is 0 Å². The van der Waals surface area contributed by atoms with E-state index < -0.39 is 23.2 Å². The van der Waals surface area contributed by atoms with Crippen molar-refractivity contribution in [1.82, 2.24) is 19.2 Å². The number of aromatic nitrogens is 3. The number of nitrogens with one attached hydrogen (secondary N) is 1. The van der Waals surface area contributed by atoms with Crippen molar-refractivity contribution in [2.45, 2.75) is 12.5 Å². The van der Waals surface area contributed by atoms with E-state index in [1.807, 2.05) is 0 Å². The maximum Gasteiger partial charge on any atom is 0.346 e. The number of hydrogen-bond donors (Lipinski definition) is 1. The maximum atomic E-state index is 11.8. The Hall–Kier alpha value is -2.45. The van der Waals surface area contributed by atoms with E-state index in [9.17, 15) is 19.2 Å². The molecule has 102 valence electrons. The Morgan fingerprint density at radius 2 is 1.79 bits per heavy atom. The second kappa shape index (κ2) is 4.34. The van der Waals surface area contributed by atoms with Crippen molar-refractivity contribution in [3.63, 3.8) is 0 Å². The molecule has 0 aliphatic carbocycles. The number of carbonyl (C=O) groups excluding carboxylic acids is 2. The van der Waals surface area contributed by atoms with Crippen molar-refractivity contribution in [2.24, 2.45) is 14.1 Å². The maximum absolute atomic E-state index is 11.8. The minimum atomic E-state index is -0.824. The molecule has 0 spiro atoms. The van der Waals surface area contributed by atoms with E-state index in [2.05, 4.69) is 10.4 Å². The van der Waals surface area contributed by atoms with Crippen molar-refractivity contribution >= 4 is 17.6 Å². The smallest absolute Gasteiger partial charge is 0.346 e. The Bertz CT molecular complexity index is 673. The van der Waals surface area contributed by atoms with Crippen molar-refractivity contribution in [2.75, 3.05) is 12.4 Å². The molecule has 9 heteroatoms. The fraction of sp³-hybridized carbons (Fsp3) is 0.500. The highest BCUT2D eigenvalue weighted by Crippen LogP contribution is 2.13. The third kappa shape index (κ3) is 2.02. The molecule has 1 aliphatic rings. The first-order chi connectivity index (χ1) is 8.82. The number of carbonyl (C=O) groups is 2. The van der Waals surface area contributed by atoms with E-state index >= 15 is 0 Å². The minimum Gasteiger partial charge on any atom is -0.352 e. The molecule has 1 atom stereocenters. The summed E-state index contributed by atoms with van der Waals surface area (Å²) in [5.74, 6) is -0.891. The van der Waals surface area contributed by atoms with Crippen LogP contribution in [0.25, 0.3) is 0 Å². The molecule has 0 radical (unpaired) electrons. The lowest BCUT2D eigenvalue weighted by Crippen LogP contribution is -2.42. The fourth-order valence-corrected chi connectivity index (χ4v) is 1.82. The van der Waals surface area contributed by atoms with E-state index in [4.69, 9.17) is 0 Å². The summed E-state index contributed by atoms with van der Waals surface area (Å²) in [6, 6.07) is -0.824. The standard InChI is InChI=1S/C10H13N5O4/c1-13-6(16)4-5(8(13)17)11-7-9(18)14(2)10(19)15(3)12-7/h5H,4H2,1-3H3,(H,11,12). The van der Waals surface area contributed by atoms with Gasteiger partial charge < -0.3 is 5.32 Å². The fourth-order valence-electron chi connectivity index (χ4n) is 1.82. The van der Waals surface area contributed by atoms with Crippen LogP contribution in [-0.4, -0.2) is 44.2 Å². The summed E-state index contributed by atoms with van der Waals surface area (Å²) in [7, 11) is 4.07. The normalized spacial score (nSPS) is 19.1. The van der Waals surface area contributed by atoms with Crippen LogP contribution in [-0.2, 0) is 23.7 Å². The van der Waals surface area contributed by atoms with Gasteiger partial charge in [-0.2, -0.15) is 0 Å². The van der Waals surface area contributed by atoms with Crippen LogP contribution in [0.1, 0.15) is 6.42 Å². The average molecular weight is 267 g/mol. The van der Waals surface area contributed by atoms with Gasteiger partial charge in [-0.15, -0.1) is 5.10 Å². The van der Waals surface area contributed by atoms with Crippen LogP contribution in [0.5, 0.6) is 0 Å². The van der Waals surface area contributed by atoms with Crippen LogP contribution >= 0.6 is 0 Å². The molecule has 1 fully saturated rings. The second-order valence-electron chi connectivity index (χ2n) is 4.31. The molecule has 0 bridgehead atoms. The van der Waals surface area contributed by atoms with Gasteiger partial charge >= 0.3 is 5.69 Å². The van der Waals surface area contributed by atoms with Gasteiger partial charge in [0.1, 0.15) is 6.04 Å². The Morgan fingerprint density at radius 1 is 1.16 bits per heavy atom. The Balaban J connectivity index is 2.36. The Kier molecular flexibility index (Phi) is 2.97. The largest absolute Gasteiger partial charge is 0.352 e. The van der Waals surface area contributed by atoms with Crippen molar-refractivity contribution in [1.29, 1.82) is 0 Å². The number of rotatable bonds is 2. The Labute approximate surface area is 107 Å². The molecule has 2 rings (SSSR count). The molecule has 9 nitrogen and oxygen atoms in total. The van der Waals surface area contributed by atoms with E-state index in [0.29, 0.717) is 0 Å². The third-order valence-corrected chi connectivity index (χ3v) is 3.01. The first kappa shape index (κ1) is 13.0. The summed E-state index contributed by atoms with van der Waals surface area (Å²) in [6.45, 7) is 0. The predicted molar refractivity (Wildman–Crippen MR) is 64.5 cm³/mol. The number of anilines is 1. The number of amides is 2. The quantitative estimate of drug-likeness (QED) is 0.601. The van der Waals surface area contributed by atoms with E-state index in [1.165, 1.54) is 21.1 Å². The average Bonchev–Trinajstić information content (AvgIpc) is 2.61. The SMILES string of the molecule is CN1C(=O)CC(Nc2nn(C)c(=O)n(C)c2=O)C1=O. The van der Waals surface area contributed by atoms with Gasteiger partial charge in [-0.25, -0.2) is 9.48 Å². The number of likely N-dealkylation sites (tertiary alicyclic amines) is 1. The minimum absolute atomic E-state index is 0.0387. The van der Waals surface area contributed by atoms with Gasteiger partial charge in [0.15, 0.2) is 0 Å². The van der Waals surface area contributed by atoms with Crippen molar-refractivity contribution < 1.29 is 9.59 Å². The van der Waals surface area contributed by atoms with Gasteiger partial charge in [-0.05, 0) is 0 Å². The molecule has 1 aromatic heterocycles. The zero-order chi connectivity index (χ0) is 14.3. The lowest BCUT2D eigenvalue weighted by atomic mass is 10.2. The number of aryl methyl sites for hydroxylation is 1. The molecule has 2 heterocycles. The molecule has 1 saturated heterocycles. The summed E-state index contributed by atoms with van der Waals surface area (Å²) in [4.78, 5) is 47.3. The van der Waals surface area contributed by atoms with Crippen LogP contribution < -0.4 is 16.6 Å². The van der Waals surface area contributed by atoms with Crippen molar-refractivity contribution in [3.8, 4) is 0 Å². The molecular formula is C10H13N5O4. The third-order valence-electron chi connectivity index (χ3n) is 3.01. The number of imide groups is 1. The summed E-state index contributed by atoms with van der Waals surface area (Å²) < 4.78 is 1.86. The van der Waals surface area contributed by atoms with Crippen LogP contribution in [0, 0.1) is 0 Å². The monoisotopic (exact) mass is 267 g/mol. The van der Waals surface area contributed by atoms with Gasteiger partial charge in [-0.3, -0.25) is 23.9 Å². The summed E-state index contributed by atoms with van der Waals surface area (Å²) in [6.07, 6.45) is -0.0387. The zero-order valence-electron chi connectivity index (χ0n) is 10.7. The van der Waals surface area contributed by atoms with Crippen LogP contribution in [0.15, 0.2) is 9.59 Å². The molecule has 1 unspecified atom stereocenters. The van der Waals surface area contributed by atoms with Crippen molar-refractivity contribution in [3.05, 3.63) is 20.8 Å². The van der Waals surface area contributed by atoms with Crippen LogP contribution in [0.3, 0.4) is 0 Å². The van der Waals surface area contributed by atoms with E-state index in [1.54, 1.807) is 0 Å². The highest BCUT2D eigenvalue weighted by atomic mass is 16.2. The van der Waals surface area contributed by atoms with E-state index in [-0.39, 0.29) is 18.1 Å². The second-order valence-corrected chi connectivity index (χ2v) is 4.31. The van der Waals surface area contributed by atoms with Gasteiger partial charge in [0.05, 0.1) is 6.42 Å². The number of likely N-dealkylation sites (N-methyl/N-ethyl adjacent to an activating group) is 1. The first-order valence-corrected chi connectivity index (χ1v) is 5.54. The topological polar surface area (TPSA) is 106 Å². The zero-order valence-corrected chi connectivity index (χ0v) is 10.7. The predicted octanol–water partition coefficient (Wildman–Crippen LogP) is -2.35. The molecule has 1 aromatic rings. The first-order valence-electron chi connectivity index (χ1n) is 5.54. The van der Waals surface area contributed by atoms with Gasteiger partial charge in [0, 0.05) is 21.1 Å². The Morgan fingerprint density at radius 3 is 2.32 bits per heavy atom. The van der Waals surface area contributed by atoms with E-state index in [0.717, 1.165) is 14.1 Å². The molecule has 1 N–H and O–H groups in total. The summed E-state index contributed by atoms with van der Waals surface area (Å²) >= 11 is 0. The highest BCUT2D eigenvalue weighted by Gasteiger charge is 2.36. The molecule has 19 heavy (non-hydrogen) atoms. The lowest BCUT2D eigenvalue weighted by molar-refractivity contribution is -0.136. The lowest BCUT2D eigenvalue weighted by Gasteiger charge is -2.12. The number of nitrogens with zero attached hydrogens (tertiary/aromatic N) is 4. The molecule has 2 amide bonds.